The lowest BCUT2D eigenvalue weighted by molar-refractivity contribution is -0.157. The third-order valence-electron chi connectivity index (χ3n) is 2.69. The van der Waals surface area contributed by atoms with Crippen molar-refractivity contribution < 1.29 is 22.8 Å². The Labute approximate surface area is 115 Å². The molecule has 8 heteroatoms. The smallest absolute Gasteiger partial charge is 0.335 e. The van der Waals surface area contributed by atoms with Crippen molar-refractivity contribution in [3.8, 4) is 0 Å². The molecule has 0 bridgehead atoms. The second-order valence-corrected chi connectivity index (χ2v) is 4.93. The molecule has 0 aliphatic carbocycles. The summed E-state index contributed by atoms with van der Waals surface area (Å²) in [6, 6.07) is -1.08. The van der Waals surface area contributed by atoms with E-state index < -0.39 is 30.7 Å². The van der Waals surface area contributed by atoms with Crippen LogP contribution in [0.5, 0.6) is 0 Å². The second kappa shape index (κ2) is 6.62. The van der Waals surface area contributed by atoms with Crippen molar-refractivity contribution in [3.05, 3.63) is 11.6 Å². The van der Waals surface area contributed by atoms with E-state index in [1.54, 1.807) is 6.08 Å². The monoisotopic (exact) mass is 293 g/mol. The molecule has 1 rings (SSSR count). The van der Waals surface area contributed by atoms with E-state index in [0.29, 0.717) is 11.4 Å². The normalized spacial score (nSPS) is 18.9. The van der Waals surface area contributed by atoms with Crippen molar-refractivity contribution in [3.63, 3.8) is 0 Å². The van der Waals surface area contributed by atoms with Gasteiger partial charge in [-0.2, -0.15) is 13.2 Å². The molecule has 1 heterocycles. The number of halogens is 3. The molecule has 0 aromatic rings. The lowest BCUT2D eigenvalue weighted by Gasteiger charge is -2.18. The maximum absolute atomic E-state index is 12.2. The number of likely N-dealkylation sites (tertiary alicyclic amines) is 1. The third kappa shape index (κ3) is 5.94. The molecule has 20 heavy (non-hydrogen) atoms. The molecule has 0 spiro atoms. The summed E-state index contributed by atoms with van der Waals surface area (Å²) in [6.07, 6.45) is -2.72. The Balaban J connectivity index is 2.38. The largest absolute Gasteiger partial charge is 0.406 e. The van der Waals surface area contributed by atoms with Gasteiger partial charge in [0.1, 0.15) is 6.54 Å². The highest BCUT2D eigenvalue weighted by atomic mass is 19.4. The fourth-order valence-corrected chi connectivity index (χ4v) is 1.82. The van der Waals surface area contributed by atoms with E-state index in [4.69, 9.17) is 0 Å². The highest BCUT2D eigenvalue weighted by Gasteiger charge is 2.38. The van der Waals surface area contributed by atoms with Crippen molar-refractivity contribution >= 4 is 11.9 Å². The highest BCUT2D eigenvalue weighted by molar-refractivity contribution is 5.81. The predicted octanol–water partition coefficient (Wildman–Crippen LogP) is 1.41. The number of nitrogens with zero attached hydrogens (tertiary/aromatic N) is 1. The van der Waals surface area contributed by atoms with Crippen LogP contribution in [0.1, 0.15) is 20.3 Å². The molecule has 1 saturated heterocycles. The molecule has 0 aromatic heterocycles. The highest BCUT2D eigenvalue weighted by Crippen LogP contribution is 2.20. The van der Waals surface area contributed by atoms with Gasteiger partial charge in [0.25, 0.3) is 0 Å². The third-order valence-corrected chi connectivity index (χ3v) is 2.69. The minimum atomic E-state index is -4.42. The van der Waals surface area contributed by atoms with Crippen LogP contribution >= 0.6 is 0 Å². The molecule has 114 valence electrons. The SMILES string of the molecule is CC(C)=CCNC(=O)N[C@H]1CC(=O)N(CC(F)(F)F)C1. The molecule has 5 nitrogen and oxygen atoms in total. The first kappa shape index (κ1) is 16.3. The molecular formula is C12H18F3N3O2. The van der Waals surface area contributed by atoms with Crippen LogP contribution in [0, 0.1) is 0 Å². The first-order valence-electron chi connectivity index (χ1n) is 6.19. The van der Waals surface area contributed by atoms with Gasteiger partial charge in [-0.3, -0.25) is 4.79 Å². The lowest BCUT2D eigenvalue weighted by atomic mass is 10.2. The van der Waals surface area contributed by atoms with Gasteiger partial charge in [-0.05, 0) is 13.8 Å². The van der Waals surface area contributed by atoms with Gasteiger partial charge in [-0.1, -0.05) is 11.6 Å². The topological polar surface area (TPSA) is 61.4 Å². The van der Waals surface area contributed by atoms with Crippen LogP contribution in [0.4, 0.5) is 18.0 Å². The second-order valence-electron chi connectivity index (χ2n) is 4.93. The Morgan fingerprint density at radius 3 is 2.65 bits per heavy atom. The van der Waals surface area contributed by atoms with E-state index in [0.717, 1.165) is 5.57 Å². The van der Waals surface area contributed by atoms with Gasteiger partial charge in [0.15, 0.2) is 0 Å². The Kier molecular flexibility index (Phi) is 5.41. The zero-order valence-corrected chi connectivity index (χ0v) is 11.4. The van der Waals surface area contributed by atoms with Crippen molar-refractivity contribution in [2.24, 2.45) is 0 Å². The van der Waals surface area contributed by atoms with Gasteiger partial charge >= 0.3 is 12.2 Å². The van der Waals surface area contributed by atoms with Crippen LogP contribution < -0.4 is 10.6 Å². The van der Waals surface area contributed by atoms with Crippen LogP contribution in [0.15, 0.2) is 11.6 Å². The van der Waals surface area contributed by atoms with Gasteiger partial charge in [0, 0.05) is 19.5 Å². The molecule has 1 fully saturated rings. The fraction of sp³-hybridized carbons (Fsp3) is 0.667. The number of allylic oxidation sites excluding steroid dienone is 1. The van der Waals surface area contributed by atoms with Crippen LogP contribution in [0.2, 0.25) is 0 Å². The minimum Gasteiger partial charge on any atom is -0.335 e. The summed E-state index contributed by atoms with van der Waals surface area (Å²) < 4.78 is 36.6. The van der Waals surface area contributed by atoms with Gasteiger partial charge in [-0.15, -0.1) is 0 Å². The summed E-state index contributed by atoms with van der Waals surface area (Å²) in [5.41, 5.74) is 1.04. The average molecular weight is 293 g/mol. The summed E-state index contributed by atoms with van der Waals surface area (Å²) in [7, 11) is 0. The Bertz CT molecular complexity index is 403. The van der Waals surface area contributed by atoms with Gasteiger partial charge in [-0.25, -0.2) is 4.79 Å². The molecule has 0 unspecified atom stereocenters. The number of hydrogen-bond donors (Lipinski definition) is 2. The van der Waals surface area contributed by atoms with Gasteiger partial charge in [0.2, 0.25) is 5.91 Å². The minimum absolute atomic E-state index is 0.105. The molecule has 0 saturated carbocycles. The van der Waals surface area contributed by atoms with Crippen LogP contribution in [-0.4, -0.2) is 48.7 Å². The summed E-state index contributed by atoms with van der Waals surface area (Å²) >= 11 is 0. The van der Waals surface area contributed by atoms with E-state index in [1.807, 2.05) is 13.8 Å². The van der Waals surface area contributed by atoms with E-state index >= 15 is 0 Å². The summed E-state index contributed by atoms with van der Waals surface area (Å²) in [5, 5.41) is 5.03. The quantitative estimate of drug-likeness (QED) is 0.770. The molecule has 0 radical (unpaired) electrons. The van der Waals surface area contributed by atoms with E-state index in [2.05, 4.69) is 10.6 Å². The first-order valence-corrected chi connectivity index (χ1v) is 6.19. The fourth-order valence-electron chi connectivity index (χ4n) is 1.82. The Morgan fingerprint density at radius 1 is 1.45 bits per heavy atom. The first-order chi connectivity index (χ1) is 9.17. The molecule has 1 aliphatic heterocycles. The van der Waals surface area contributed by atoms with Crippen LogP contribution in [0.3, 0.4) is 0 Å². The van der Waals surface area contributed by atoms with E-state index in [9.17, 15) is 22.8 Å². The van der Waals surface area contributed by atoms with E-state index in [1.165, 1.54) is 0 Å². The zero-order valence-electron chi connectivity index (χ0n) is 11.4. The van der Waals surface area contributed by atoms with E-state index in [-0.39, 0.29) is 13.0 Å². The number of rotatable bonds is 4. The molecule has 3 amide bonds. The lowest BCUT2D eigenvalue weighted by Crippen LogP contribution is -2.44. The van der Waals surface area contributed by atoms with Crippen molar-refractivity contribution in [2.45, 2.75) is 32.5 Å². The summed E-state index contributed by atoms with van der Waals surface area (Å²) in [5.74, 6) is -0.600. The molecule has 0 aromatic carbocycles. The summed E-state index contributed by atoms with van der Waals surface area (Å²) in [4.78, 5) is 23.6. The van der Waals surface area contributed by atoms with Gasteiger partial charge < -0.3 is 15.5 Å². The average Bonchev–Trinajstić information content (AvgIpc) is 2.55. The Morgan fingerprint density at radius 2 is 2.10 bits per heavy atom. The standard InChI is InChI=1S/C12H18F3N3O2/c1-8(2)3-4-16-11(20)17-9-5-10(19)18(6-9)7-12(13,14)15/h3,9H,4-7H2,1-2H3,(H2,16,17,20)/t9-/m0/s1. The predicted molar refractivity (Wildman–Crippen MR) is 67.0 cm³/mol. The number of carbonyl (C=O) groups excluding carboxylic acids is 2. The number of amides is 3. The van der Waals surface area contributed by atoms with Crippen molar-refractivity contribution in [2.75, 3.05) is 19.6 Å². The number of urea groups is 1. The molecule has 1 aliphatic rings. The number of alkyl halides is 3. The zero-order chi connectivity index (χ0) is 15.3. The Hall–Kier alpha value is -1.73. The van der Waals surface area contributed by atoms with Crippen LogP contribution in [0.25, 0.3) is 0 Å². The number of nitrogens with one attached hydrogen (secondary N) is 2. The number of carbonyl (C=O) groups is 2. The van der Waals surface area contributed by atoms with Crippen molar-refractivity contribution in [1.82, 2.24) is 15.5 Å². The van der Waals surface area contributed by atoms with Crippen molar-refractivity contribution in [1.29, 1.82) is 0 Å². The molecular weight excluding hydrogens is 275 g/mol. The maximum atomic E-state index is 12.2. The number of hydrogen-bond acceptors (Lipinski definition) is 2. The maximum Gasteiger partial charge on any atom is 0.406 e. The molecule has 1 atom stereocenters. The van der Waals surface area contributed by atoms with Gasteiger partial charge in [0.05, 0.1) is 6.04 Å². The summed E-state index contributed by atoms with van der Waals surface area (Å²) in [6.45, 7) is 2.70. The molecule has 2 N–H and O–H groups in total. The van der Waals surface area contributed by atoms with Crippen LogP contribution in [-0.2, 0) is 4.79 Å².